The molecule has 122 valence electrons. The van der Waals surface area contributed by atoms with Gasteiger partial charge in [-0.15, -0.1) is 40.1 Å². The molecule has 25 heavy (non-hydrogen) atoms. The minimum Gasteiger partial charge on any atom is -1.00 e. The Labute approximate surface area is 179 Å². The van der Waals surface area contributed by atoms with E-state index in [1.807, 2.05) is 12.2 Å². The fraction of sp³-hybridized carbons (Fsp3) is 0.0455. The van der Waals surface area contributed by atoms with E-state index < -0.39 is 0 Å². The van der Waals surface area contributed by atoms with Crippen LogP contribution in [-0.2, 0) is 26.2 Å². The molecule has 0 nitrogen and oxygen atoms in total. The summed E-state index contributed by atoms with van der Waals surface area (Å²) in [6.07, 6.45) is 10.0. The van der Waals surface area contributed by atoms with Crippen molar-refractivity contribution in [2.75, 3.05) is 0 Å². The van der Waals surface area contributed by atoms with Gasteiger partial charge < -0.3 is 24.8 Å². The number of benzene rings is 3. The fourth-order valence-corrected chi connectivity index (χ4v) is 3.05. The molecule has 0 atom stereocenters. The third-order valence-corrected chi connectivity index (χ3v) is 4.11. The van der Waals surface area contributed by atoms with Crippen molar-refractivity contribution in [3.8, 4) is 0 Å². The smallest absolute Gasteiger partial charge is 1.00 e. The molecule has 5 rings (SSSR count). The van der Waals surface area contributed by atoms with E-state index in [0.717, 1.165) is 6.42 Å². The Morgan fingerprint density at radius 3 is 2.16 bits per heavy atom. The van der Waals surface area contributed by atoms with Crippen LogP contribution in [0.3, 0.4) is 0 Å². The van der Waals surface area contributed by atoms with E-state index in [0.29, 0.717) is 0 Å². The molecule has 0 amide bonds. The standard InChI is InChI=1S/C17H11.C5H5.2ClH.Zr/c1-3-7-14-12(5-1)9-10-16-15-8-4-2-6-13(15)11-17(14)16;1-2-4-5-3-1;;;/h1-11H;1-3H,4H2;2*1H;/q2*-1;;;+4/p-2. The first-order valence-electron chi connectivity index (χ1n) is 7.61. The molecule has 4 aromatic carbocycles. The first-order valence-corrected chi connectivity index (χ1v) is 7.61. The van der Waals surface area contributed by atoms with Crippen molar-refractivity contribution >= 4 is 32.3 Å². The van der Waals surface area contributed by atoms with Gasteiger partial charge in [0.15, 0.2) is 0 Å². The summed E-state index contributed by atoms with van der Waals surface area (Å²) in [4.78, 5) is 0. The second-order valence-electron chi connectivity index (χ2n) is 5.48. The van der Waals surface area contributed by atoms with E-state index in [4.69, 9.17) is 0 Å². The predicted molar refractivity (Wildman–Crippen MR) is 96.1 cm³/mol. The summed E-state index contributed by atoms with van der Waals surface area (Å²) in [5.41, 5.74) is 0. The largest absolute Gasteiger partial charge is 4.00 e. The second-order valence-corrected chi connectivity index (χ2v) is 5.48. The van der Waals surface area contributed by atoms with Crippen LogP contribution in [0.2, 0.25) is 0 Å². The number of hydrogen-bond donors (Lipinski definition) is 0. The van der Waals surface area contributed by atoms with Crippen LogP contribution in [0.15, 0.2) is 85.0 Å². The van der Waals surface area contributed by atoms with Crippen LogP contribution in [0.25, 0.3) is 32.3 Å². The zero-order valence-electron chi connectivity index (χ0n) is 13.5. The van der Waals surface area contributed by atoms with Crippen LogP contribution < -0.4 is 24.8 Å². The van der Waals surface area contributed by atoms with Crippen LogP contribution in [-0.4, -0.2) is 0 Å². The van der Waals surface area contributed by atoms with Crippen molar-refractivity contribution < 1.29 is 51.0 Å². The maximum absolute atomic E-state index is 2.99. The molecule has 0 spiro atoms. The monoisotopic (exact) mass is 440 g/mol. The minimum atomic E-state index is 0. The van der Waals surface area contributed by atoms with Gasteiger partial charge in [0.2, 0.25) is 0 Å². The van der Waals surface area contributed by atoms with E-state index in [2.05, 4.69) is 78.9 Å². The predicted octanol–water partition coefficient (Wildman–Crippen LogP) is 0.176. The molecular formula is C22H16Cl2Zr. The SMILES string of the molecule is [C-]1=CC=CC1.[Cl-].[Cl-].[Zr+4].c1ccc2c(c1)ccc1c3ccccc3[cH-]c21. The average Bonchev–Trinajstić information content (AvgIpc) is 3.26. The molecule has 3 heteroatoms. The number of fused-ring (bicyclic) bond motifs is 5. The Kier molecular flexibility index (Phi) is 8.73. The quantitative estimate of drug-likeness (QED) is 0.341. The Balaban J connectivity index is 0.000000344. The van der Waals surface area contributed by atoms with Crippen molar-refractivity contribution in [2.24, 2.45) is 0 Å². The van der Waals surface area contributed by atoms with Crippen molar-refractivity contribution in [1.29, 1.82) is 0 Å². The summed E-state index contributed by atoms with van der Waals surface area (Å²) < 4.78 is 0. The molecule has 1 aliphatic carbocycles. The number of rotatable bonds is 0. The Bertz CT molecular complexity index is 1000. The molecule has 0 bridgehead atoms. The Morgan fingerprint density at radius 2 is 1.48 bits per heavy atom. The summed E-state index contributed by atoms with van der Waals surface area (Å²) in [6.45, 7) is 0. The van der Waals surface area contributed by atoms with Gasteiger partial charge in [-0.25, -0.2) is 12.2 Å². The summed E-state index contributed by atoms with van der Waals surface area (Å²) in [5, 5.41) is 8.08. The molecule has 4 aromatic rings. The van der Waals surface area contributed by atoms with E-state index in [-0.39, 0.29) is 51.0 Å². The van der Waals surface area contributed by atoms with Crippen molar-refractivity contribution in [1.82, 2.24) is 0 Å². The first kappa shape index (κ1) is 21.8. The van der Waals surface area contributed by atoms with Crippen LogP contribution in [0.1, 0.15) is 6.42 Å². The third kappa shape index (κ3) is 4.47. The maximum Gasteiger partial charge on any atom is 4.00 e. The van der Waals surface area contributed by atoms with Crippen LogP contribution in [0, 0.1) is 6.08 Å². The van der Waals surface area contributed by atoms with Gasteiger partial charge in [0.1, 0.15) is 0 Å². The summed E-state index contributed by atoms with van der Waals surface area (Å²) in [5.74, 6) is 0. The van der Waals surface area contributed by atoms with Crippen molar-refractivity contribution in [3.63, 3.8) is 0 Å². The zero-order chi connectivity index (χ0) is 14.8. The van der Waals surface area contributed by atoms with Gasteiger partial charge in [-0.2, -0.15) is 6.08 Å². The van der Waals surface area contributed by atoms with Gasteiger partial charge in [-0.05, 0) is 0 Å². The molecular weight excluding hydrogens is 426 g/mol. The maximum atomic E-state index is 2.99. The van der Waals surface area contributed by atoms with Gasteiger partial charge in [0.05, 0.1) is 0 Å². The summed E-state index contributed by atoms with van der Waals surface area (Å²) in [7, 11) is 0. The van der Waals surface area contributed by atoms with Crippen LogP contribution in [0.5, 0.6) is 0 Å². The molecule has 0 saturated carbocycles. The molecule has 0 radical (unpaired) electrons. The fourth-order valence-electron chi connectivity index (χ4n) is 3.05. The van der Waals surface area contributed by atoms with Gasteiger partial charge >= 0.3 is 26.2 Å². The van der Waals surface area contributed by atoms with Crippen LogP contribution in [0.4, 0.5) is 0 Å². The third-order valence-electron chi connectivity index (χ3n) is 4.11. The molecule has 0 fully saturated rings. The topological polar surface area (TPSA) is 0 Å². The Morgan fingerprint density at radius 1 is 0.760 bits per heavy atom. The van der Waals surface area contributed by atoms with E-state index in [9.17, 15) is 0 Å². The van der Waals surface area contributed by atoms with Crippen LogP contribution >= 0.6 is 0 Å². The average molecular weight is 443 g/mol. The molecule has 0 unspecified atom stereocenters. The zero-order valence-corrected chi connectivity index (χ0v) is 17.5. The minimum absolute atomic E-state index is 0. The number of hydrogen-bond acceptors (Lipinski definition) is 0. The van der Waals surface area contributed by atoms with Crippen molar-refractivity contribution in [3.05, 3.63) is 91.0 Å². The van der Waals surface area contributed by atoms with E-state index >= 15 is 0 Å². The molecule has 0 aliphatic heterocycles. The molecule has 0 heterocycles. The second kappa shape index (κ2) is 10.0. The van der Waals surface area contributed by atoms with E-state index in [1.54, 1.807) is 0 Å². The molecule has 0 N–H and O–H groups in total. The normalized spacial score (nSPS) is 11.4. The molecule has 0 aromatic heterocycles. The molecule has 1 aliphatic rings. The molecule has 0 saturated heterocycles. The van der Waals surface area contributed by atoms with Gasteiger partial charge in [-0.1, -0.05) is 65.4 Å². The van der Waals surface area contributed by atoms with Crippen molar-refractivity contribution in [2.45, 2.75) is 6.42 Å². The van der Waals surface area contributed by atoms with Gasteiger partial charge in [0.25, 0.3) is 0 Å². The summed E-state index contributed by atoms with van der Waals surface area (Å²) >= 11 is 0. The summed E-state index contributed by atoms with van der Waals surface area (Å²) in [6, 6.07) is 23.9. The number of allylic oxidation sites excluding steroid dienone is 4. The van der Waals surface area contributed by atoms with Gasteiger partial charge in [-0.3, -0.25) is 6.08 Å². The first-order chi connectivity index (χ1) is 10.9. The number of halogens is 2. The van der Waals surface area contributed by atoms with Gasteiger partial charge in [0, 0.05) is 0 Å². The Hall–Kier alpha value is -1.27. The van der Waals surface area contributed by atoms with E-state index in [1.165, 1.54) is 32.3 Å².